The highest BCUT2D eigenvalue weighted by Gasteiger charge is 2.33. The third kappa shape index (κ3) is 6.16. The van der Waals surface area contributed by atoms with Gasteiger partial charge in [0.1, 0.15) is 17.4 Å². The molecule has 0 spiro atoms. The Balaban J connectivity index is 1.79. The fraction of sp³-hybridized carbons (Fsp3) is 0.0833. The van der Waals surface area contributed by atoms with E-state index in [1.807, 2.05) is 6.07 Å². The summed E-state index contributed by atoms with van der Waals surface area (Å²) in [6, 6.07) is 14.4. The molecule has 0 radical (unpaired) electrons. The van der Waals surface area contributed by atoms with Crippen LogP contribution in [-0.2, 0) is 11.0 Å². The van der Waals surface area contributed by atoms with E-state index in [9.17, 15) is 33.3 Å². The summed E-state index contributed by atoms with van der Waals surface area (Å²) in [7, 11) is 0. The zero-order chi connectivity index (χ0) is 25.8. The van der Waals surface area contributed by atoms with Gasteiger partial charge in [0.25, 0.3) is 5.91 Å². The molecule has 0 atom stereocenters. The topological polar surface area (TPSA) is 105 Å². The molecule has 178 valence electrons. The van der Waals surface area contributed by atoms with Gasteiger partial charge in [-0.2, -0.15) is 18.4 Å². The number of anilines is 1. The molecule has 0 saturated carbocycles. The normalized spacial score (nSPS) is 11.5. The first kappa shape index (κ1) is 25.3. The molecule has 3 aromatic rings. The second-order valence-corrected chi connectivity index (χ2v) is 7.55. The number of nitro groups is 1. The van der Waals surface area contributed by atoms with Crippen LogP contribution in [0.25, 0.3) is 6.08 Å². The molecule has 1 N–H and O–H groups in total. The van der Waals surface area contributed by atoms with Crippen molar-refractivity contribution in [3.05, 3.63) is 98.1 Å². The van der Waals surface area contributed by atoms with Crippen LogP contribution in [0.15, 0.2) is 66.2 Å². The van der Waals surface area contributed by atoms with E-state index >= 15 is 0 Å². The average molecular weight is 502 g/mol. The number of hydrogen-bond donors (Lipinski definition) is 1. The van der Waals surface area contributed by atoms with Crippen LogP contribution in [0.3, 0.4) is 0 Å². The van der Waals surface area contributed by atoms with Crippen LogP contribution in [0.2, 0.25) is 5.02 Å². The molecule has 0 aliphatic rings. The number of carbonyl (C=O) groups excluding carboxylic acids is 1. The van der Waals surface area contributed by atoms with E-state index in [0.29, 0.717) is 34.0 Å². The molecular weight excluding hydrogens is 487 g/mol. The Morgan fingerprint density at radius 1 is 1.17 bits per heavy atom. The Morgan fingerprint density at radius 3 is 2.46 bits per heavy atom. The lowest BCUT2D eigenvalue weighted by molar-refractivity contribution is -0.385. The van der Waals surface area contributed by atoms with Crippen molar-refractivity contribution in [1.82, 2.24) is 0 Å². The molecule has 0 unspecified atom stereocenters. The Kier molecular flexibility index (Phi) is 7.42. The first-order valence-corrected chi connectivity index (χ1v) is 10.2. The maximum Gasteiger partial charge on any atom is 0.416 e. The molecular formula is C24H15ClF3N3O4. The molecule has 11 heteroatoms. The van der Waals surface area contributed by atoms with Crippen LogP contribution < -0.4 is 10.1 Å². The summed E-state index contributed by atoms with van der Waals surface area (Å²) in [4.78, 5) is 22.7. The molecule has 3 aromatic carbocycles. The summed E-state index contributed by atoms with van der Waals surface area (Å²) in [5.41, 5.74) is -0.690. The van der Waals surface area contributed by atoms with Gasteiger partial charge in [0, 0.05) is 16.8 Å². The maximum atomic E-state index is 12.9. The first-order chi connectivity index (χ1) is 16.5. The van der Waals surface area contributed by atoms with Gasteiger partial charge in [0.2, 0.25) is 5.75 Å². The predicted molar refractivity (Wildman–Crippen MR) is 123 cm³/mol. The highest BCUT2D eigenvalue weighted by molar-refractivity contribution is 6.31. The van der Waals surface area contributed by atoms with Crippen LogP contribution in [0, 0.1) is 28.4 Å². The first-order valence-electron chi connectivity index (χ1n) is 9.81. The number of hydrogen-bond acceptors (Lipinski definition) is 5. The van der Waals surface area contributed by atoms with E-state index < -0.39 is 28.3 Å². The number of benzene rings is 3. The molecule has 0 saturated heterocycles. The smallest absolute Gasteiger partial charge is 0.416 e. The minimum absolute atomic E-state index is 0.0996. The minimum atomic E-state index is -4.74. The number of amides is 1. The Bertz CT molecular complexity index is 1360. The monoisotopic (exact) mass is 501 g/mol. The van der Waals surface area contributed by atoms with E-state index in [4.69, 9.17) is 16.3 Å². The van der Waals surface area contributed by atoms with Crippen molar-refractivity contribution in [3.8, 4) is 17.6 Å². The lowest BCUT2D eigenvalue weighted by atomic mass is 10.1. The quantitative estimate of drug-likeness (QED) is 0.171. The van der Waals surface area contributed by atoms with Crippen LogP contribution in [-0.4, -0.2) is 10.8 Å². The van der Waals surface area contributed by atoms with Gasteiger partial charge in [-0.25, -0.2) is 0 Å². The standard InChI is InChI=1S/C24H15ClF3N3O4/c1-14-19(25)3-2-4-20(14)30-23(32)16(13-29)11-15-5-8-18(9-6-15)35-22-10-7-17(24(26,27)28)12-21(22)31(33)34/h2-12H,1H3,(H,30,32)/b16-11-. The fourth-order valence-corrected chi connectivity index (χ4v) is 3.10. The van der Waals surface area contributed by atoms with Crippen molar-refractivity contribution >= 4 is 35.0 Å². The van der Waals surface area contributed by atoms with Crippen LogP contribution >= 0.6 is 11.6 Å². The lowest BCUT2D eigenvalue weighted by Crippen LogP contribution is -2.14. The molecule has 0 aromatic heterocycles. The zero-order valence-electron chi connectivity index (χ0n) is 17.9. The highest BCUT2D eigenvalue weighted by atomic mass is 35.5. The number of carbonyl (C=O) groups is 1. The fourth-order valence-electron chi connectivity index (χ4n) is 2.93. The molecule has 0 aliphatic carbocycles. The molecule has 35 heavy (non-hydrogen) atoms. The number of alkyl halides is 3. The number of halogens is 4. The molecule has 0 heterocycles. The summed E-state index contributed by atoms with van der Waals surface area (Å²) in [5, 5.41) is 23.7. The van der Waals surface area contributed by atoms with E-state index in [1.165, 1.54) is 30.3 Å². The van der Waals surface area contributed by atoms with E-state index in [1.54, 1.807) is 25.1 Å². The van der Waals surface area contributed by atoms with E-state index in [2.05, 4.69) is 5.32 Å². The van der Waals surface area contributed by atoms with Gasteiger partial charge in [-0.1, -0.05) is 29.8 Å². The second-order valence-electron chi connectivity index (χ2n) is 7.14. The zero-order valence-corrected chi connectivity index (χ0v) is 18.6. The molecule has 0 aliphatic heterocycles. The Hall–Kier alpha value is -4.36. The maximum absolute atomic E-state index is 12.9. The number of nitrogens with zero attached hydrogens (tertiary/aromatic N) is 2. The number of nitro benzene ring substituents is 1. The number of rotatable bonds is 6. The Labute approximate surface area is 202 Å². The summed E-state index contributed by atoms with van der Waals surface area (Å²) in [6.07, 6.45) is -3.42. The van der Waals surface area contributed by atoms with Crippen molar-refractivity contribution in [2.24, 2.45) is 0 Å². The summed E-state index contributed by atoms with van der Waals surface area (Å²) in [5.74, 6) is -0.929. The molecule has 7 nitrogen and oxygen atoms in total. The van der Waals surface area contributed by atoms with E-state index in [0.717, 1.165) is 6.07 Å². The van der Waals surface area contributed by atoms with Gasteiger partial charge in [0.05, 0.1) is 10.5 Å². The number of nitriles is 1. The molecule has 3 rings (SSSR count). The average Bonchev–Trinajstić information content (AvgIpc) is 2.80. The van der Waals surface area contributed by atoms with Crippen LogP contribution in [0.1, 0.15) is 16.7 Å². The minimum Gasteiger partial charge on any atom is -0.450 e. The third-order valence-electron chi connectivity index (χ3n) is 4.78. The Morgan fingerprint density at radius 2 is 1.86 bits per heavy atom. The van der Waals surface area contributed by atoms with Crippen LogP contribution in [0.5, 0.6) is 11.5 Å². The largest absolute Gasteiger partial charge is 0.450 e. The predicted octanol–water partition coefficient (Wildman–Crippen LogP) is 6.91. The number of nitrogens with one attached hydrogen (secondary N) is 1. The van der Waals surface area contributed by atoms with Crippen molar-refractivity contribution in [2.75, 3.05) is 5.32 Å². The molecule has 0 bridgehead atoms. The van der Waals surface area contributed by atoms with Gasteiger partial charge < -0.3 is 10.1 Å². The van der Waals surface area contributed by atoms with Gasteiger partial charge >= 0.3 is 11.9 Å². The molecule has 0 fully saturated rings. The number of ether oxygens (including phenoxy) is 1. The van der Waals surface area contributed by atoms with Crippen molar-refractivity contribution in [1.29, 1.82) is 5.26 Å². The van der Waals surface area contributed by atoms with Crippen molar-refractivity contribution < 1.29 is 27.6 Å². The van der Waals surface area contributed by atoms with Gasteiger partial charge in [-0.05, 0) is 60.5 Å². The molecule has 1 amide bonds. The summed E-state index contributed by atoms with van der Waals surface area (Å²) in [6.45, 7) is 1.72. The van der Waals surface area contributed by atoms with E-state index in [-0.39, 0.29) is 17.1 Å². The highest BCUT2D eigenvalue weighted by Crippen LogP contribution is 2.38. The SMILES string of the molecule is Cc1c(Cl)cccc1NC(=O)/C(C#N)=C\c1ccc(Oc2ccc(C(F)(F)F)cc2[N+](=O)[O-])cc1. The lowest BCUT2D eigenvalue weighted by Gasteiger charge is -2.10. The van der Waals surface area contributed by atoms with Gasteiger partial charge in [-0.15, -0.1) is 0 Å². The van der Waals surface area contributed by atoms with Crippen LogP contribution in [0.4, 0.5) is 24.5 Å². The van der Waals surface area contributed by atoms with Crippen molar-refractivity contribution in [2.45, 2.75) is 13.1 Å². The van der Waals surface area contributed by atoms with Crippen molar-refractivity contribution in [3.63, 3.8) is 0 Å². The van der Waals surface area contributed by atoms with Gasteiger partial charge in [-0.3, -0.25) is 14.9 Å². The summed E-state index contributed by atoms with van der Waals surface area (Å²) >= 11 is 6.04. The summed E-state index contributed by atoms with van der Waals surface area (Å²) < 4.78 is 44.0. The third-order valence-corrected chi connectivity index (χ3v) is 5.19. The van der Waals surface area contributed by atoms with Gasteiger partial charge in [0.15, 0.2) is 0 Å². The second kappa shape index (κ2) is 10.3.